The average Bonchev–Trinajstić information content (AvgIpc) is 2.30. The monoisotopic (exact) mass is 388 g/mol. The zero-order chi connectivity index (χ0) is 14.0. The van der Waals surface area contributed by atoms with E-state index in [-0.39, 0.29) is 10.4 Å². The number of aryl methyl sites for hydroxylation is 1. The zero-order valence-corrected chi connectivity index (χ0v) is 13.4. The minimum atomic E-state index is -0.540. The highest BCUT2D eigenvalue weighted by Gasteiger charge is 2.19. The highest BCUT2D eigenvalue weighted by atomic mass is 79.9. The van der Waals surface area contributed by atoms with Gasteiger partial charge in [-0.2, -0.15) is 0 Å². The van der Waals surface area contributed by atoms with E-state index in [4.69, 9.17) is 0 Å². The van der Waals surface area contributed by atoms with Crippen molar-refractivity contribution in [2.75, 3.05) is 0 Å². The van der Waals surface area contributed by atoms with Gasteiger partial charge in [0.05, 0.1) is 0 Å². The smallest absolute Gasteiger partial charge is 0.131 e. The molecule has 0 bridgehead atoms. The van der Waals surface area contributed by atoms with Crippen LogP contribution < -0.4 is 0 Å². The van der Waals surface area contributed by atoms with Crippen LogP contribution in [-0.2, 0) is 6.42 Å². The van der Waals surface area contributed by atoms with Gasteiger partial charge in [-0.15, -0.1) is 0 Å². The van der Waals surface area contributed by atoms with Gasteiger partial charge in [0.15, 0.2) is 0 Å². The Morgan fingerprint density at radius 3 is 2.26 bits per heavy atom. The molecule has 0 fully saturated rings. The first-order valence-corrected chi connectivity index (χ1v) is 7.53. The minimum absolute atomic E-state index is 0.0754. The number of benzene rings is 2. The molecule has 0 radical (unpaired) electrons. The van der Waals surface area contributed by atoms with Gasteiger partial charge in [0.2, 0.25) is 0 Å². The van der Waals surface area contributed by atoms with Crippen molar-refractivity contribution in [3.05, 3.63) is 69.2 Å². The number of alkyl halides is 1. The minimum Gasteiger partial charge on any atom is -0.207 e. The van der Waals surface area contributed by atoms with Gasteiger partial charge < -0.3 is 0 Å². The van der Waals surface area contributed by atoms with Crippen LogP contribution in [0.3, 0.4) is 0 Å². The van der Waals surface area contributed by atoms with Crippen molar-refractivity contribution in [2.24, 2.45) is 0 Å². The summed E-state index contributed by atoms with van der Waals surface area (Å²) in [6, 6.07) is 10.4. The molecule has 0 aromatic heterocycles. The fourth-order valence-electron chi connectivity index (χ4n) is 1.99. The maximum atomic E-state index is 13.9. The highest BCUT2D eigenvalue weighted by molar-refractivity contribution is 9.10. The van der Waals surface area contributed by atoms with E-state index in [1.165, 1.54) is 12.1 Å². The number of halogens is 4. The second-order valence-electron chi connectivity index (χ2n) is 4.38. The summed E-state index contributed by atoms with van der Waals surface area (Å²) in [6.07, 6.45) is 0.544. The number of rotatable bonds is 3. The van der Waals surface area contributed by atoms with Crippen molar-refractivity contribution in [1.29, 1.82) is 0 Å². The lowest BCUT2D eigenvalue weighted by Crippen LogP contribution is -2.03. The Balaban J connectivity index is 2.31. The topological polar surface area (TPSA) is 0 Å². The van der Waals surface area contributed by atoms with E-state index in [1.54, 1.807) is 0 Å². The van der Waals surface area contributed by atoms with Crippen LogP contribution in [0.25, 0.3) is 0 Å². The van der Waals surface area contributed by atoms with Crippen LogP contribution in [0.4, 0.5) is 8.78 Å². The Hall–Kier alpha value is -0.740. The van der Waals surface area contributed by atoms with E-state index >= 15 is 0 Å². The molecule has 2 aromatic rings. The molecule has 0 N–H and O–H groups in total. The standard InChI is InChI=1S/C15H12Br2F2/c1-9-4-2-3-5-10(9)6-12(17)15-13(18)7-11(16)8-14(15)19/h2-5,7-8,12H,6H2,1H3. The Labute approximate surface area is 128 Å². The van der Waals surface area contributed by atoms with Gasteiger partial charge in [0.1, 0.15) is 11.6 Å². The van der Waals surface area contributed by atoms with E-state index in [9.17, 15) is 8.78 Å². The molecule has 0 aliphatic heterocycles. The average molecular weight is 390 g/mol. The molecular formula is C15H12Br2F2. The quantitative estimate of drug-likeness (QED) is 0.589. The van der Waals surface area contributed by atoms with Gasteiger partial charge >= 0.3 is 0 Å². The third-order valence-corrected chi connectivity index (χ3v) is 4.26. The van der Waals surface area contributed by atoms with Crippen molar-refractivity contribution in [3.63, 3.8) is 0 Å². The first kappa shape index (κ1) is 14.7. The fourth-order valence-corrected chi connectivity index (χ4v) is 3.17. The van der Waals surface area contributed by atoms with E-state index in [2.05, 4.69) is 31.9 Å². The summed E-state index contributed by atoms with van der Waals surface area (Å²) in [5.74, 6) is -1.08. The van der Waals surface area contributed by atoms with Crippen molar-refractivity contribution in [2.45, 2.75) is 18.2 Å². The summed E-state index contributed by atoms with van der Waals surface area (Å²) in [6.45, 7) is 1.99. The Morgan fingerprint density at radius 1 is 1.11 bits per heavy atom. The van der Waals surface area contributed by atoms with Gasteiger partial charge in [-0.1, -0.05) is 56.1 Å². The van der Waals surface area contributed by atoms with Crippen LogP contribution in [0.1, 0.15) is 21.5 Å². The van der Waals surface area contributed by atoms with Crippen LogP contribution >= 0.6 is 31.9 Å². The van der Waals surface area contributed by atoms with Gasteiger partial charge in [-0.3, -0.25) is 0 Å². The molecule has 0 amide bonds. The molecule has 4 heteroatoms. The second kappa shape index (κ2) is 6.14. The van der Waals surface area contributed by atoms with Gasteiger partial charge in [-0.05, 0) is 36.6 Å². The molecule has 2 aromatic carbocycles. The van der Waals surface area contributed by atoms with E-state index in [1.807, 2.05) is 31.2 Å². The van der Waals surface area contributed by atoms with Crippen LogP contribution in [0.15, 0.2) is 40.9 Å². The lowest BCUT2D eigenvalue weighted by Gasteiger charge is -2.14. The number of hydrogen-bond acceptors (Lipinski definition) is 0. The summed E-state index contributed by atoms with van der Waals surface area (Å²) in [5, 5.41) is 0. The van der Waals surface area contributed by atoms with Crippen molar-refractivity contribution >= 4 is 31.9 Å². The predicted octanol–water partition coefficient (Wildman–Crippen LogP) is 5.71. The Kier molecular flexibility index (Phi) is 4.74. The molecule has 0 spiro atoms. The lowest BCUT2D eigenvalue weighted by molar-refractivity contribution is 0.552. The summed E-state index contributed by atoms with van der Waals surface area (Å²) < 4.78 is 28.1. The van der Waals surface area contributed by atoms with Gasteiger partial charge in [-0.25, -0.2) is 8.78 Å². The maximum Gasteiger partial charge on any atom is 0.131 e. The van der Waals surface area contributed by atoms with Crippen LogP contribution in [0.5, 0.6) is 0 Å². The van der Waals surface area contributed by atoms with Crippen LogP contribution in [0.2, 0.25) is 0 Å². The molecule has 0 aliphatic rings. The number of hydrogen-bond donors (Lipinski definition) is 0. The molecule has 1 unspecified atom stereocenters. The molecule has 0 saturated heterocycles. The van der Waals surface area contributed by atoms with Crippen LogP contribution in [-0.4, -0.2) is 0 Å². The maximum absolute atomic E-state index is 13.9. The molecule has 0 nitrogen and oxygen atoms in total. The normalized spacial score (nSPS) is 12.5. The van der Waals surface area contributed by atoms with Crippen molar-refractivity contribution in [3.8, 4) is 0 Å². The first-order valence-electron chi connectivity index (χ1n) is 5.82. The van der Waals surface area contributed by atoms with Crippen LogP contribution in [0, 0.1) is 18.6 Å². The first-order chi connectivity index (χ1) is 8.99. The Bertz CT molecular complexity index is 573. The van der Waals surface area contributed by atoms with E-state index in [0.29, 0.717) is 10.9 Å². The van der Waals surface area contributed by atoms with E-state index in [0.717, 1.165) is 11.1 Å². The lowest BCUT2D eigenvalue weighted by atomic mass is 10.00. The fraction of sp³-hybridized carbons (Fsp3) is 0.200. The molecule has 100 valence electrons. The van der Waals surface area contributed by atoms with Gasteiger partial charge in [0, 0.05) is 14.9 Å². The molecule has 0 aliphatic carbocycles. The third-order valence-electron chi connectivity index (χ3n) is 3.02. The van der Waals surface area contributed by atoms with Crippen molar-refractivity contribution < 1.29 is 8.78 Å². The SMILES string of the molecule is Cc1ccccc1CC(Br)c1c(F)cc(Br)cc1F. The molecule has 2 rings (SSSR count). The molecule has 19 heavy (non-hydrogen) atoms. The van der Waals surface area contributed by atoms with E-state index < -0.39 is 11.6 Å². The molecule has 0 saturated carbocycles. The third kappa shape index (κ3) is 3.42. The van der Waals surface area contributed by atoms with Crippen molar-refractivity contribution in [1.82, 2.24) is 0 Å². The summed E-state index contributed by atoms with van der Waals surface area (Å²) in [7, 11) is 0. The molecule has 1 atom stereocenters. The summed E-state index contributed by atoms with van der Waals surface area (Å²) >= 11 is 6.47. The highest BCUT2D eigenvalue weighted by Crippen LogP contribution is 2.33. The zero-order valence-electron chi connectivity index (χ0n) is 10.3. The summed E-state index contributed by atoms with van der Waals surface area (Å²) in [5.41, 5.74) is 2.27. The molecule has 0 heterocycles. The molecular weight excluding hydrogens is 378 g/mol. The second-order valence-corrected chi connectivity index (χ2v) is 6.40. The predicted molar refractivity (Wildman–Crippen MR) is 80.6 cm³/mol. The Morgan fingerprint density at radius 2 is 1.68 bits per heavy atom. The largest absolute Gasteiger partial charge is 0.207 e. The summed E-state index contributed by atoms with van der Waals surface area (Å²) in [4.78, 5) is -0.387. The van der Waals surface area contributed by atoms with Gasteiger partial charge in [0.25, 0.3) is 0 Å².